The van der Waals surface area contributed by atoms with Gasteiger partial charge in [0.05, 0.1) is 5.69 Å². The van der Waals surface area contributed by atoms with Crippen LogP contribution >= 0.6 is 11.6 Å². The average molecular weight is 306 g/mol. The van der Waals surface area contributed by atoms with Gasteiger partial charge in [-0.1, -0.05) is 17.7 Å². The van der Waals surface area contributed by atoms with E-state index in [0.29, 0.717) is 23.8 Å². The highest BCUT2D eigenvalue weighted by atomic mass is 35.5. The largest absolute Gasteiger partial charge is 0.304 e. The Hall–Kier alpha value is -0.690. The minimum absolute atomic E-state index is 0.230. The van der Waals surface area contributed by atoms with Gasteiger partial charge in [0.15, 0.2) is 0 Å². The highest BCUT2D eigenvalue weighted by molar-refractivity contribution is 7.86. The highest BCUT2D eigenvalue weighted by Gasteiger charge is 2.35. The third kappa shape index (κ3) is 3.25. The lowest BCUT2D eigenvalue weighted by Crippen LogP contribution is -2.58. The molecule has 1 unspecified atom stereocenters. The molecule has 1 aliphatic rings. The van der Waals surface area contributed by atoms with Gasteiger partial charge in [0.1, 0.15) is 0 Å². The Morgan fingerprint density at radius 3 is 2.63 bits per heavy atom. The molecule has 0 amide bonds. The molecule has 0 saturated carbocycles. The second-order valence-electron chi connectivity index (χ2n) is 4.92. The number of hydrogen-bond acceptors (Lipinski definition) is 3. The fourth-order valence-electron chi connectivity index (χ4n) is 1.75. The Bertz CT molecular complexity index is 593. The first-order chi connectivity index (χ1) is 8.79. The molecule has 2 rings (SSSR count). The molecule has 1 fully saturated rings. The zero-order valence-electron chi connectivity index (χ0n) is 11.1. The topological polar surface area (TPSA) is 35.9 Å². The molecule has 1 aromatic carbocycles. The van der Waals surface area contributed by atoms with E-state index in [9.17, 15) is 8.09 Å². The van der Waals surface area contributed by atoms with E-state index in [0.717, 1.165) is 5.56 Å². The summed E-state index contributed by atoms with van der Waals surface area (Å²) in [6, 6.07) is 5.10. The predicted molar refractivity (Wildman–Crippen MR) is 76.6 cm³/mol. The van der Waals surface area contributed by atoms with Gasteiger partial charge < -0.3 is 4.90 Å². The zero-order chi connectivity index (χ0) is 14.2. The van der Waals surface area contributed by atoms with E-state index < -0.39 is 10.3 Å². The Balaban J connectivity index is 2.18. The van der Waals surface area contributed by atoms with E-state index in [-0.39, 0.29) is 6.04 Å². The number of aryl methyl sites for hydroxylation is 1. The molecule has 1 aromatic rings. The Morgan fingerprint density at radius 2 is 2.11 bits per heavy atom. The fraction of sp³-hybridized carbons (Fsp3) is 0.500. The molecular formula is C12H17ClFN3OS. The van der Waals surface area contributed by atoms with Crippen molar-refractivity contribution >= 4 is 27.6 Å². The van der Waals surface area contributed by atoms with E-state index in [4.69, 9.17) is 11.6 Å². The summed E-state index contributed by atoms with van der Waals surface area (Å²) in [5.74, 6) is 0. The number of likely N-dealkylation sites (N-methyl/N-ethyl adjacent to an activating group) is 1. The van der Waals surface area contributed by atoms with Gasteiger partial charge in [-0.15, -0.1) is 3.89 Å². The maximum absolute atomic E-state index is 14.1. The number of nitrogens with zero attached hydrogens (tertiary/aromatic N) is 3. The van der Waals surface area contributed by atoms with Gasteiger partial charge in [0.25, 0.3) is 10.3 Å². The van der Waals surface area contributed by atoms with Crippen molar-refractivity contribution in [3.63, 3.8) is 0 Å². The molecule has 106 valence electrons. The van der Waals surface area contributed by atoms with Crippen LogP contribution in [0.25, 0.3) is 0 Å². The van der Waals surface area contributed by atoms with Crippen molar-refractivity contribution in [2.75, 3.05) is 27.2 Å². The average Bonchev–Trinajstić information content (AvgIpc) is 2.19. The van der Waals surface area contributed by atoms with Gasteiger partial charge in [-0.25, -0.2) is 0 Å². The fourth-order valence-corrected chi connectivity index (χ4v) is 3.13. The van der Waals surface area contributed by atoms with Crippen LogP contribution in [-0.4, -0.2) is 46.6 Å². The molecule has 0 aliphatic carbocycles. The Kier molecular flexibility index (Phi) is 4.15. The Labute approximate surface area is 118 Å². The van der Waals surface area contributed by atoms with Crippen LogP contribution in [0, 0.1) is 6.92 Å². The van der Waals surface area contributed by atoms with Crippen molar-refractivity contribution in [2.45, 2.75) is 13.0 Å². The van der Waals surface area contributed by atoms with Gasteiger partial charge in [-0.05, 0) is 38.7 Å². The smallest absolute Gasteiger partial charge is 0.275 e. The van der Waals surface area contributed by atoms with Crippen LogP contribution < -0.4 is 0 Å². The van der Waals surface area contributed by atoms with Crippen molar-refractivity contribution in [1.82, 2.24) is 9.21 Å². The van der Waals surface area contributed by atoms with E-state index >= 15 is 0 Å². The molecule has 7 heteroatoms. The summed E-state index contributed by atoms with van der Waals surface area (Å²) in [6.45, 7) is 2.69. The highest BCUT2D eigenvalue weighted by Crippen LogP contribution is 2.27. The first-order valence-electron chi connectivity index (χ1n) is 5.94. The molecule has 0 radical (unpaired) electrons. The number of hydrogen-bond donors (Lipinski definition) is 0. The molecule has 4 nitrogen and oxygen atoms in total. The van der Waals surface area contributed by atoms with E-state index in [1.54, 1.807) is 12.1 Å². The van der Waals surface area contributed by atoms with Crippen LogP contribution in [0.15, 0.2) is 22.6 Å². The normalized spacial score (nSPS) is 20.1. The summed E-state index contributed by atoms with van der Waals surface area (Å²) in [7, 11) is -0.0184. The summed E-state index contributed by atoms with van der Waals surface area (Å²) < 4.78 is 31.0. The lowest BCUT2D eigenvalue weighted by atomic mass is 10.2. The van der Waals surface area contributed by atoms with Crippen molar-refractivity contribution in [3.05, 3.63) is 28.8 Å². The van der Waals surface area contributed by atoms with Crippen LogP contribution in [0.1, 0.15) is 5.56 Å². The second-order valence-corrected chi connectivity index (χ2v) is 6.89. The standard InChI is InChI=1S/C12H17ClFN3OS/c1-9-4-5-10(6-12(9)13)15-19(14,18)17-7-11(8-17)16(2)3/h4-6,11H,7-8H2,1-3H3. The summed E-state index contributed by atoms with van der Waals surface area (Å²) in [6.07, 6.45) is 0. The summed E-state index contributed by atoms with van der Waals surface area (Å²) in [5, 5.41) is 0.492. The van der Waals surface area contributed by atoms with Crippen molar-refractivity contribution in [1.29, 1.82) is 0 Å². The zero-order valence-corrected chi connectivity index (χ0v) is 12.7. The van der Waals surface area contributed by atoms with Crippen LogP contribution in [0.5, 0.6) is 0 Å². The SMILES string of the molecule is Cc1ccc(N=S(=O)(F)N2CC(N(C)C)C2)cc1Cl. The van der Waals surface area contributed by atoms with E-state index in [1.807, 2.05) is 25.9 Å². The summed E-state index contributed by atoms with van der Waals surface area (Å²) in [5.41, 5.74) is 1.18. The van der Waals surface area contributed by atoms with Crippen molar-refractivity contribution in [3.8, 4) is 0 Å². The monoisotopic (exact) mass is 305 g/mol. The maximum atomic E-state index is 14.1. The van der Waals surface area contributed by atoms with Crippen LogP contribution in [0.4, 0.5) is 9.57 Å². The summed E-state index contributed by atoms with van der Waals surface area (Å²) >= 11 is 5.94. The maximum Gasteiger partial charge on any atom is 0.275 e. The molecule has 0 N–H and O–H groups in total. The molecular weight excluding hydrogens is 289 g/mol. The molecule has 0 bridgehead atoms. The Morgan fingerprint density at radius 1 is 1.47 bits per heavy atom. The lowest BCUT2D eigenvalue weighted by Gasteiger charge is -2.40. The molecule has 19 heavy (non-hydrogen) atoms. The summed E-state index contributed by atoms with van der Waals surface area (Å²) in [4.78, 5) is 1.98. The van der Waals surface area contributed by atoms with Crippen molar-refractivity contribution in [2.24, 2.45) is 4.36 Å². The minimum Gasteiger partial charge on any atom is -0.304 e. The van der Waals surface area contributed by atoms with Gasteiger partial charge in [0.2, 0.25) is 0 Å². The van der Waals surface area contributed by atoms with Gasteiger partial charge >= 0.3 is 0 Å². The lowest BCUT2D eigenvalue weighted by molar-refractivity contribution is 0.134. The molecule has 1 saturated heterocycles. The molecule has 0 spiro atoms. The number of benzene rings is 1. The molecule has 1 aliphatic heterocycles. The first-order valence-corrected chi connectivity index (χ1v) is 7.69. The second kappa shape index (κ2) is 5.36. The van der Waals surface area contributed by atoms with E-state index in [1.165, 1.54) is 10.4 Å². The third-order valence-corrected chi connectivity index (χ3v) is 5.03. The van der Waals surface area contributed by atoms with Crippen LogP contribution in [0.3, 0.4) is 0 Å². The van der Waals surface area contributed by atoms with Crippen LogP contribution in [0.2, 0.25) is 5.02 Å². The molecule has 1 atom stereocenters. The van der Waals surface area contributed by atoms with Gasteiger partial charge in [-0.2, -0.15) is 12.9 Å². The van der Waals surface area contributed by atoms with Gasteiger partial charge in [-0.3, -0.25) is 0 Å². The molecule has 1 heterocycles. The number of rotatable bonds is 3. The quantitative estimate of drug-likeness (QED) is 0.805. The van der Waals surface area contributed by atoms with Crippen molar-refractivity contribution < 1.29 is 8.09 Å². The molecule has 0 aromatic heterocycles. The van der Waals surface area contributed by atoms with Gasteiger partial charge in [0, 0.05) is 24.2 Å². The first kappa shape index (κ1) is 14.7. The minimum atomic E-state index is -3.85. The predicted octanol–water partition coefficient (Wildman–Crippen LogP) is 2.79. The number of halogens is 2. The van der Waals surface area contributed by atoms with Crippen LogP contribution in [-0.2, 0) is 10.3 Å². The third-order valence-electron chi connectivity index (χ3n) is 3.25. The van der Waals surface area contributed by atoms with E-state index in [2.05, 4.69) is 4.36 Å².